The number of hydrogen-bond donors (Lipinski definition) is 1. The SMILES string of the molecule is CC(C)C(CNC(=O)Cn1cnc2ccccc2c1=O)N(C)C. The van der Waals surface area contributed by atoms with Gasteiger partial charge in [-0.3, -0.25) is 14.2 Å². The summed E-state index contributed by atoms with van der Waals surface area (Å²) in [5.41, 5.74) is 0.445. The molecule has 6 heteroatoms. The second kappa shape index (κ2) is 7.37. The van der Waals surface area contributed by atoms with Gasteiger partial charge in [-0.05, 0) is 32.1 Å². The molecule has 0 aliphatic heterocycles. The lowest BCUT2D eigenvalue weighted by atomic mass is 10.0. The molecule has 1 aromatic carbocycles. The van der Waals surface area contributed by atoms with Crippen LogP contribution in [-0.2, 0) is 11.3 Å². The van der Waals surface area contributed by atoms with Crippen molar-refractivity contribution >= 4 is 16.8 Å². The van der Waals surface area contributed by atoms with Crippen molar-refractivity contribution < 1.29 is 4.79 Å². The van der Waals surface area contributed by atoms with Gasteiger partial charge in [-0.1, -0.05) is 26.0 Å². The lowest BCUT2D eigenvalue weighted by molar-refractivity contribution is -0.122. The van der Waals surface area contributed by atoms with Crippen LogP contribution in [0.25, 0.3) is 10.9 Å². The van der Waals surface area contributed by atoms with E-state index < -0.39 is 0 Å². The Bertz CT molecular complexity index is 729. The van der Waals surface area contributed by atoms with E-state index in [1.807, 2.05) is 20.2 Å². The summed E-state index contributed by atoms with van der Waals surface area (Å²) >= 11 is 0. The molecule has 6 nitrogen and oxygen atoms in total. The number of nitrogens with one attached hydrogen (secondary N) is 1. The first-order valence-electron chi connectivity index (χ1n) is 7.77. The van der Waals surface area contributed by atoms with Crippen molar-refractivity contribution in [1.29, 1.82) is 0 Å². The van der Waals surface area contributed by atoms with Crippen molar-refractivity contribution in [2.45, 2.75) is 26.4 Å². The molecule has 2 rings (SSSR count). The Morgan fingerprint density at radius 1 is 1.30 bits per heavy atom. The van der Waals surface area contributed by atoms with Crippen LogP contribution < -0.4 is 10.9 Å². The molecule has 1 heterocycles. The van der Waals surface area contributed by atoms with Gasteiger partial charge in [0.1, 0.15) is 6.54 Å². The lowest BCUT2D eigenvalue weighted by Crippen LogP contribution is -2.44. The van der Waals surface area contributed by atoms with Crippen LogP contribution in [0.2, 0.25) is 0 Å². The highest BCUT2D eigenvalue weighted by atomic mass is 16.2. The van der Waals surface area contributed by atoms with Gasteiger partial charge >= 0.3 is 0 Å². The summed E-state index contributed by atoms with van der Waals surface area (Å²) in [5.74, 6) is 0.243. The number of carbonyl (C=O) groups excluding carboxylic acids is 1. The summed E-state index contributed by atoms with van der Waals surface area (Å²) in [4.78, 5) is 30.8. The van der Waals surface area contributed by atoms with Crippen molar-refractivity contribution in [2.75, 3.05) is 20.6 Å². The normalized spacial score (nSPS) is 12.8. The molecule has 0 spiro atoms. The van der Waals surface area contributed by atoms with E-state index in [-0.39, 0.29) is 24.1 Å². The van der Waals surface area contributed by atoms with E-state index in [2.05, 4.69) is 29.0 Å². The molecule has 0 saturated carbocycles. The molecular formula is C17H24N4O2. The first-order chi connectivity index (χ1) is 10.9. The minimum atomic E-state index is -0.196. The summed E-state index contributed by atoms with van der Waals surface area (Å²) < 4.78 is 1.34. The predicted molar refractivity (Wildman–Crippen MR) is 91.3 cm³/mol. The topological polar surface area (TPSA) is 67.2 Å². The van der Waals surface area contributed by atoms with Gasteiger partial charge in [0, 0.05) is 12.6 Å². The maximum absolute atomic E-state index is 12.4. The fraction of sp³-hybridized carbons (Fsp3) is 0.471. The molecule has 1 N–H and O–H groups in total. The number of carbonyl (C=O) groups is 1. The van der Waals surface area contributed by atoms with E-state index in [9.17, 15) is 9.59 Å². The minimum absolute atomic E-state index is 0.0189. The van der Waals surface area contributed by atoms with Crippen LogP contribution in [0.15, 0.2) is 35.4 Å². The van der Waals surface area contributed by atoms with Crippen LogP contribution in [0.5, 0.6) is 0 Å². The van der Waals surface area contributed by atoms with E-state index in [0.29, 0.717) is 23.4 Å². The third kappa shape index (κ3) is 4.16. The molecule has 1 unspecified atom stereocenters. The van der Waals surface area contributed by atoms with Crippen molar-refractivity contribution in [3.8, 4) is 0 Å². The molecule has 0 aliphatic carbocycles. The van der Waals surface area contributed by atoms with Crippen molar-refractivity contribution in [3.05, 3.63) is 40.9 Å². The van der Waals surface area contributed by atoms with E-state index in [1.54, 1.807) is 18.2 Å². The zero-order valence-corrected chi connectivity index (χ0v) is 14.1. The first-order valence-corrected chi connectivity index (χ1v) is 7.77. The average Bonchev–Trinajstić information content (AvgIpc) is 2.50. The highest BCUT2D eigenvalue weighted by molar-refractivity contribution is 5.78. The van der Waals surface area contributed by atoms with Gasteiger partial charge in [0.25, 0.3) is 5.56 Å². The number of amides is 1. The van der Waals surface area contributed by atoms with Crippen LogP contribution in [0.4, 0.5) is 0 Å². The zero-order valence-electron chi connectivity index (χ0n) is 14.1. The van der Waals surface area contributed by atoms with Gasteiger partial charge in [0.2, 0.25) is 5.91 Å². The molecule has 0 saturated heterocycles. The number of benzene rings is 1. The maximum Gasteiger partial charge on any atom is 0.261 e. The number of likely N-dealkylation sites (N-methyl/N-ethyl adjacent to an activating group) is 1. The predicted octanol–water partition coefficient (Wildman–Crippen LogP) is 1.10. The summed E-state index contributed by atoms with van der Waals surface area (Å²) in [6.07, 6.45) is 1.43. The van der Waals surface area contributed by atoms with Gasteiger partial charge in [-0.25, -0.2) is 4.98 Å². The highest BCUT2D eigenvalue weighted by Crippen LogP contribution is 2.06. The van der Waals surface area contributed by atoms with Crippen LogP contribution in [-0.4, -0.2) is 47.0 Å². The van der Waals surface area contributed by atoms with Crippen molar-refractivity contribution in [1.82, 2.24) is 19.8 Å². The van der Waals surface area contributed by atoms with Gasteiger partial charge in [-0.2, -0.15) is 0 Å². The maximum atomic E-state index is 12.4. The quantitative estimate of drug-likeness (QED) is 0.866. The number of para-hydroxylation sites is 1. The van der Waals surface area contributed by atoms with Gasteiger partial charge in [0.05, 0.1) is 17.2 Å². The summed E-state index contributed by atoms with van der Waals surface area (Å²) in [7, 11) is 3.99. The number of hydrogen-bond acceptors (Lipinski definition) is 4. The van der Waals surface area contributed by atoms with E-state index >= 15 is 0 Å². The summed E-state index contributed by atoms with van der Waals surface area (Å²) in [5, 5.41) is 3.43. The second-order valence-electron chi connectivity index (χ2n) is 6.27. The Balaban J connectivity index is 2.06. The Morgan fingerprint density at radius 2 is 2.00 bits per heavy atom. The van der Waals surface area contributed by atoms with Crippen molar-refractivity contribution in [2.24, 2.45) is 5.92 Å². The average molecular weight is 316 g/mol. The smallest absolute Gasteiger partial charge is 0.261 e. The van der Waals surface area contributed by atoms with Crippen LogP contribution in [0, 0.1) is 5.92 Å². The lowest BCUT2D eigenvalue weighted by Gasteiger charge is -2.28. The van der Waals surface area contributed by atoms with Crippen LogP contribution >= 0.6 is 0 Å². The molecule has 0 fully saturated rings. The standard InChI is InChI=1S/C17H24N4O2/c1-12(2)15(20(3)4)9-18-16(22)10-21-11-19-14-8-6-5-7-13(14)17(21)23/h5-8,11-12,15H,9-10H2,1-4H3,(H,18,22). The largest absolute Gasteiger partial charge is 0.353 e. The van der Waals surface area contributed by atoms with E-state index in [1.165, 1.54) is 10.9 Å². The first kappa shape index (κ1) is 17.1. The summed E-state index contributed by atoms with van der Waals surface area (Å²) in [6.45, 7) is 4.78. The van der Waals surface area contributed by atoms with Gasteiger partial charge in [0.15, 0.2) is 0 Å². The summed E-state index contributed by atoms with van der Waals surface area (Å²) in [6, 6.07) is 7.38. The van der Waals surface area contributed by atoms with Crippen molar-refractivity contribution in [3.63, 3.8) is 0 Å². The molecule has 1 aromatic heterocycles. The van der Waals surface area contributed by atoms with Crippen LogP contribution in [0.3, 0.4) is 0 Å². The monoisotopic (exact) mass is 316 g/mol. The molecule has 1 amide bonds. The number of rotatable bonds is 6. The Morgan fingerprint density at radius 3 is 2.65 bits per heavy atom. The molecule has 23 heavy (non-hydrogen) atoms. The fourth-order valence-corrected chi connectivity index (χ4v) is 2.66. The molecular weight excluding hydrogens is 292 g/mol. The zero-order chi connectivity index (χ0) is 17.0. The van der Waals surface area contributed by atoms with Gasteiger partial charge in [-0.15, -0.1) is 0 Å². The molecule has 0 bridgehead atoms. The third-order valence-electron chi connectivity index (χ3n) is 3.99. The third-order valence-corrected chi connectivity index (χ3v) is 3.99. The molecule has 1 atom stereocenters. The molecule has 0 radical (unpaired) electrons. The van der Waals surface area contributed by atoms with E-state index in [4.69, 9.17) is 0 Å². The molecule has 2 aromatic rings. The number of fused-ring (bicyclic) bond motifs is 1. The number of nitrogens with zero attached hydrogens (tertiary/aromatic N) is 3. The molecule has 0 aliphatic rings. The van der Waals surface area contributed by atoms with Gasteiger partial charge < -0.3 is 10.2 Å². The number of aromatic nitrogens is 2. The Kier molecular flexibility index (Phi) is 5.50. The fourth-order valence-electron chi connectivity index (χ4n) is 2.66. The molecule has 124 valence electrons. The Hall–Kier alpha value is -2.21. The van der Waals surface area contributed by atoms with E-state index in [0.717, 1.165) is 0 Å². The van der Waals surface area contributed by atoms with Crippen LogP contribution in [0.1, 0.15) is 13.8 Å². The highest BCUT2D eigenvalue weighted by Gasteiger charge is 2.17. The second-order valence-corrected chi connectivity index (χ2v) is 6.27. The Labute approximate surface area is 136 Å². The minimum Gasteiger partial charge on any atom is -0.353 e.